The second-order valence-electron chi connectivity index (χ2n) is 3.98. The van der Waals surface area contributed by atoms with Crippen LogP contribution >= 0.6 is 0 Å². The van der Waals surface area contributed by atoms with E-state index in [2.05, 4.69) is 0 Å². The summed E-state index contributed by atoms with van der Waals surface area (Å²) in [6.07, 6.45) is -0.0660. The van der Waals surface area contributed by atoms with Crippen LogP contribution in [0.4, 0.5) is 5.69 Å². The molecule has 0 heterocycles. The quantitative estimate of drug-likeness (QED) is 0.523. The highest BCUT2D eigenvalue weighted by molar-refractivity contribution is 5.78. The fourth-order valence-electron chi connectivity index (χ4n) is 1.32. The number of rotatable bonds is 4. The van der Waals surface area contributed by atoms with Crippen molar-refractivity contribution >= 4 is 11.7 Å². The number of carboxylic acid groups (broad SMARTS) is 1. The first kappa shape index (κ1) is 12.9. The number of hydrogen-bond donors (Lipinski definition) is 3. The van der Waals surface area contributed by atoms with Crippen LogP contribution in [0.25, 0.3) is 0 Å². The molecule has 0 spiro atoms. The number of phenolic OH excluding ortho intramolecular Hbond substituents is 1. The smallest absolute Gasteiger partial charge is 0.323 e. The summed E-state index contributed by atoms with van der Waals surface area (Å²) in [5.41, 5.74) is 3.92. The molecule has 0 radical (unpaired) electrons. The van der Waals surface area contributed by atoms with E-state index in [1.807, 2.05) is 0 Å². The highest BCUT2D eigenvalue weighted by Crippen LogP contribution is 2.27. The second-order valence-corrected chi connectivity index (χ2v) is 3.98. The van der Waals surface area contributed by atoms with E-state index in [0.717, 1.165) is 12.1 Å². The Morgan fingerprint density at radius 2 is 2.18 bits per heavy atom. The Morgan fingerprint density at radius 1 is 1.59 bits per heavy atom. The zero-order valence-electron chi connectivity index (χ0n) is 9.08. The third-order valence-corrected chi connectivity index (χ3v) is 2.30. The van der Waals surface area contributed by atoms with Gasteiger partial charge in [-0.15, -0.1) is 0 Å². The minimum Gasteiger partial charge on any atom is -0.502 e. The molecule has 0 aromatic heterocycles. The van der Waals surface area contributed by atoms with Crippen LogP contribution in [0.2, 0.25) is 0 Å². The summed E-state index contributed by atoms with van der Waals surface area (Å²) in [6.45, 7) is 1.31. The van der Waals surface area contributed by atoms with Gasteiger partial charge in [0.1, 0.15) is 5.54 Å². The molecular weight excluding hydrogens is 228 g/mol. The summed E-state index contributed by atoms with van der Waals surface area (Å²) in [6, 6.07) is 3.66. The zero-order valence-corrected chi connectivity index (χ0v) is 9.08. The first-order valence-electron chi connectivity index (χ1n) is 4.72. The molecule has 0 amide bonds. The number of aromatic hydroxyl groups is 1. The summed E-state index contributed by atoms with van der Waals surface area (Å²) in [5.74, 6) is -1.67. The van der Waals surface area contributed by atoms with Gasteiger partial charge in [0, 0.05) is 12.5 Å². The number of nitrogens with zero attached hydrogens (tertiary/aromatic N) is 1. The molecule has 7 heteroatoms. The van der Waals surface area contributed by atoms with E-state index in [9.17, 15) is 20.0 Å². The van der Waals surface area contributed by atoms with Crippen molar-refractivity contribution in [3.05, 3.63) is 33.9 Å². The van der Waals surface area contributed by atoms with Crippen molar-refractivity contribution in [3.8, 4) is 5.75 Å². The van der Waals surface area contributed by atoms with E-state index in [4.69, 9.17) is 10.8 Å². The van der Waals surface area contributed by atoms with Gasteiger partial charge in [0.05, 0.1) is 4.92 Å². The summed E-state index contributed by atoms with van der Waals surface area (Å²) in [5, 5.41) is 28.6. The highest BCUT2D eigenvalue weighted by atomic mass is 16.6. The molecule has 0 bridgehead atoms. The summed E-state index contributed by atoms with van der Waals surface area (Å²) >= 11 is 0. The van der Waals surface area contributed by atoms with Crippen LogP contribution < -0.4 is 5.73 Å². The number of nitrogens with two attached hydrogens (primary N) is 1. The fourth-order valence-corrected chi connectivity index (χ4v) is 1.32. The first-order valence-corrected chi connectivity index (χ1v) is 4.72. The molecule has 1 aromatic carbocycles. The largest absolute Gasteiger partial charge is 0.502 e. The van der Waals surface area contributed by atoms with E-state index in [-0.39, 0.29) is 6.42 Å². The molecule has 92 valence electrons. The van der Waals surface area contributed by atoms with Crippen molar-refractivity contribution in [2.45, 2.75) is 18.9 Å². The third kappa shape index (κ3) is 2.91. The molecule has 0 saturated heterocycles. The van der Waals surface area contributed by atoms with Gasteiger partial charge in [0.25, 0.3) is 0 Å². The maximum atomic E-state index is 10.8. The van der Waals surface area contributed by atoms with Crippen LogP contribution in [0.3, 0.4) is 0 Å². The SMILES string of the molecule is C[C@](N)(Cc1ccc(O)c([N+](=O)[O-])c1)C(=O)O. The number of phenols is 1. The van der Waals surface area contributed by atoms with Gasteiger partial charge >= 0.3 is 11.7 Å². The number of nitro benzene ring substituents is 1. The predicted octanol–water partition coefficient (Wildman–Crippen LogP) is 0.645. The molecule has 0 unspecified atom stereocenters. The Bertz CT molecular complexity index is 470. The molecule has 0 aliphatic rings. The Labute approximate surface area is 96.6 Å². The Morgan fingerprint density at radius 3 is 2.65 bits per heavy atom. The Hall–Kier alpha value is -2.15. The third-order valence-electron chi connectivity index (χ3n) is 2.30. The molecule has 0 aliphatic carbocycles. The van der Waals surface area contributed by atoms with Crippen molar-refractivity contribution < 1.29 is 19.9 Å². The molecule has 0 fully saturated rings. The average molecular weight is 240 g/mol. The molecular formula is C10H12N2O5. The van der Waals surface area contributed by atoms with E-state index in [0.29, 0.717) is 5.56 Å². The molecule has 0 aliphatic heterocycles. The van der Waals surface area contributed by atoms with Gasteiger partial charge < -0.3 is 15.9 Å². The molecule has 1 rings (SSSR count). The molecule has 17 heavy (non-hydrogen) atoms. The normalized spacial score (nSPS) is 14.0. The van der Waals surface area contributed by atoms with Crippen LogP contribution in [-0.4, -0.2) is 26.6 Å². The van der Waals surface area contributed by atoms with Gasteiger partial charge in [-0.05, 0) is 18.6 Å². The van der Waals surface area contributed by atoms with Crippen molar-refractivity contribution in [2.24, 2.45) is 5.73 Å². The molecule has 7 nitrogen and oxygen atoms in total. The second kappa shape index (κ2) is 4.38. The number of carboxylic acids is 1. The van der Waals surface area contributed by atoms with E-state index in [1.165, 1.54) is 13.0 Å². The van der Waals surface area contributed by atoms with Gasteiger partial charge in [-0.25, -0.2) is 0 Å². The topological polar surface area (TPSA) is 127 Å². The van der Waals surface area contributed by atoms with Gasteiger partial charge in [-0.1, -0.05) is 6.07 Å². The maximum Gasteiger partial charge on any atom is 0.323 e. The minimum absolute atomic E-state index is 0.0660. The standard InChI is InChI=1S/C10H12N2O5/c1-10(11,9(14)15)5-6-2-3-8(13)7(4-6)12(16)17/h2-4,13H,5,11H2,1H3,(H,14,15)/t10-/m0/s1. The van der Waals surface area contributed by atoms with Crippen LogP contribution in [-0.2, 0) is 11.2 Å². The van der Waals surface area contributed by atoms with Gasteiger partial charge in [-0.3, -0.25) is 14.9 Å². The lowest BCUT2D eigenvalue weighted by Crippen LogP contribution is -2.46. The maximum absolute atomic E-state index is 10.8. The highest BCUT2D eigenvalue weighted by Gasteiger charge is 2.29. The van der Waals surface area contributed by atoms with E-state index in [1.54, 1.807) is 0 Å². The van der Waals surface area contributed by atoms with Gasteiger partial charge in [0.2, 0.25) is 0 Å². The van der Waals surface area contributed by atoms with Crippen molar-refractivity contribution in [1.29, 1.82) is 0 Å². The molecule has 1 aromatic rings. The summed E-state index contributed by atoms with van der Waals surface area (Å²) < 4.78 is 0. The van der Waals surface area contributed by atoms with Crippen molar-refractivity contribution in [3.63, 3.8) is 0 Å². The Kier molecular flexibility index (Phi) is 3.33. The lowest BCUT2D eigenvalue weighted by molar-refractivity contribution is -0.385. The number of benzene rings is 1. The summed E-state index contributed by atoms with van der Waals surface area (Å²) in [4.78, 5) is 20.6. The van der Waals surface area contributed by atoms with Gasteiger partial charge in [0.15, 0.2) is 5.75 Å². The molecule has 0 saturated carbocycles. The van der Waals surface area contributed by atoms with Crippen LogP contribution in [0, 0.1) is 10.1 Å². The van der Waals surface area contributed by atoms with Crippen LogP contribution in [0.5, 0.6) is 5.75 Å². The van der Waals surface area contributed by atoms with Crippen molar-refractivity contribution in [2.75, 3.05) is 0 Å². The zero-order chi connectivity index (χ0) is 13.2. The predicted molar refractivity (Wildman–Crippen MR) is 58.7 cm³/mol. The molecule has 1 atom stereocenters. The lowest BCUT2D eigenvalue weighted by atomic mass is 9.94. The number of hydrogen-bond acceptors (Lipinski definition) is 5. The number of aliphatic carboxylic acids is 1. The summed E-state index contributed by atoms with van der Waals surface area (Å²) in [7, 11) is 0. The minimum atomic E-state index is -1.51. The van der Waals surface area contributed by atoms with Crippen molar-refractivity contribution in [1.82, 2.24) is 0 Å². The first-order chi connectivity index (χ1) is 7.74. The average Bonchev–Trinajstić information content (AvgIpc) is 2.20. The van der Waals surface area contributed by atoms with Gasteiger partial charge in [-0.2, -0.15) is 0 Å². The number of nitro groups is 1. The fraction of sp³-hybridized carbons (Fsp3) is 0.300. The van der Waals surface area contributed by atoms with E-state index >= 15 is 0 Å². The van der Waals surface area contributed by atoms with Crippen LogP contribution in [0.15, 0.2) is 18.2 Å². The van der Waals surface area contributed by atoms with E-state index < -0.39 is 27.9 Å². The lowest BCUT2D eigenvalue weighted by Gasteiger charge is -2.18. The monoisotopic (exact) mass is 240 g/mol. The number of carbonyl (C=O) groups is 1. The Balaban J connectivity index is 3.05. The van der Waals surface area contributed by atoms with Crippen LogP contribution in [0.1, 0.15) is 12.5 Å². The molecule has 4 N–H and O–H groups in total.